The summed E-state index contributed by atoms with van der Waals surface area (Å²) in [6, 6.07) is 60.5. The number of benzene rings is 9. The summed E-state index contributed by atoms with van der Waals surface area (Å²) in [7, 11) is 0. The first-order valence-corrected chi connectivity index (χ1v) is 18.5. The van der Waals surface area contributed by atoms with Gasteiger partial charge in [0.1, 0.15) is 11.2 Å². The van der Waals surface area contributed by atoms with Crippen molar-refractivity contribution in [2.75, 3.05) is 0 Å². The predicted octanol–water partition coefficient (Wildman–Crippen LogP) is 14.1. The SMILES string of the molecule is CC1(C)c2ccccc2-c2cc3c4cc5oc6ccccc6c5cc4n(-c4c5ccccc5c(-c5cccc6ccccc56)c5ccccc45)c3cc21. The maximum Gasteiger partial charge on any atom is 0.136 e. The minimum Gasteiger partial charge on any atom is -0.456 e. The predicted molar refractivity (Wildman–Crippen MR) is 224 cm³/mol. The van der Waals surface area contributed by atoms with Gasteiger partial charge in [0.2, 0.25) is 0 Å². The van der Waals surface area contributed by atoms with Crippen LogP contribution in [0.2, 0.25) is 0 Å². The summed E-state index contributed by atoms with van der Waals surface area (Å²) in [4.78, 5) is 0. The van der Waals surface area contributed by atoms with Crippen LogP contribution in [0.1, 0.15) is 25.0 Å². The van der Waals surface area contributed by atoms with Crippen molar-refractivity contribution in [2.24, 2.45) is 0 Å². The van der Waals surface area contributed by atoms with Crippen LogP contribution >= 0.6 is 0 Å². The summed E-state index contributed by atoms with van der Waals surface area (Å²) in [6.07, 6.45) is 0. The summed E-state index contributed by atoms with van der Waals surface area (Å²) < 4.78 is 9.11. The van der Waals surface area contributed by atoms with E-state index >= 15 is 0 Å². The molecule has 0 aliphatic heterocycles. The Morgan fingerprint density at radius 2 is 0.981 bits per heavy atom. The van der Waals surface area contributed by atoms with Gasteiger partial charge in [-0.3, -0.25) is 0 Å². The van der Waals surface area contributed by atoms with Gasteiger partial charge < -0.3 is 8.98 Å². The molecule has 2 nitrogen and oxygen atoms in total. The number of hydrogen-bond donors (Lipinski definition) is 0. The van der Waals surface area contributed by atoms with Crippen molar-refractivity contribution >= 4 is 76.1 Å². The van der Waals surface area contributed by atoms with Crippen LogP contribution in [0, 0.1) is 0 Å². The molecule has 0 bridgehead atoms. The normalized spacial score (nSPS) is 13.6. The summed E-state index contributed by atoms with van der Waals surface area (Å²) in [5, 5.41) is 12.2. The van der Waals surface area contributed by atoms with Crippen LogP contribution in [-0.2, 0) is 5.41 Å². The number of hydrogen-bond acceptors (Lipinski definition) is 1. The van der Waals surface area contributed by atoms with Gasteiger partial charge in [0.05, 0.1) is 16.7 Å². The third-order valence-electron chi connectivity index (χ3n) is 12.2. The van der Waals surface area contributed by atoms with Gasteiger partial charge in [0, 0.05) is 37.7 Å². The van der Waals surface area contributed by atoms with E-state index in [0.717, 1.165) is 21.9 Å². The van der Waals surface area contributed by atoms with Crippen molar-refractivity contribution in [3.05, 3.63) is 175 Å². The lowest BCUT2D eigenvalue weighted by molar-refractivity contribution is 0.661. The van der Waals surface area contributed by atoms with Gasteiger partial charge in [-0.1, -0.05) is 147 Å². The van der Waals surface area contributed by atoms with E-state index in [4.69, 9.17) is 4.42 Å². The Labute approximate surface area is 306 Å². The van der Waals surface area contributed by atoms with Crippen molar-refractivity contribution in [1.29, 1.82) is 0 Å². The van der Waals surface area contributed by atoms with Crippen molar-refractivity contribution in [3.63, 3.8) is 0 Å². The molecule has 1 aliphatic rings. The van der Waals surface area contributed by atoms with Crippen LogP contribution in [0.4, 0.5) is 0 Å². The molecule has 2 heteroatoms. The highest BCUT2D eigenvalue weighted by Crippen LogP contribution is 2.52. The Hall–Kier alpha value is -6.64. The van der Waals surface area contributed by atoms with Gasteiger partial charge in [-0.25, -0.2) is 0 Å². The minimum atomic E-state index is -0.131. The zero-order chi connectivity index (χ0) is 35.0. The molecule has 1 aliphatic carbocycles. The molecule has 0 unspecified atom stereocenters. The minimum absolute atomic E-state index is 0.131. The molecule has 0 atom stereocenters. The molecular formula is C51H33NO. The molecule has 12 rings (SSSR count). The van der Waals surface area contributed by atoms with Crippen LogP contribution in [0.5, 0.6) is 0 Å². The lowest BCUT2D eigenvalue weighted by Crippen LogP contribution is -2.15. The van der Waals surface area contributed by atoms with E-state index in [1.165, 1.54) is 93.2 Å². The van der Waals surface area contributed by atoms with Gasteiger partial charge in [0.25, 0.3) is 0 Å². The lowest BCUT2D eigenvalue weighted by atomic mass is 9.82. The molecular weight excluding hydrogens is 643 g/mol. The molecule has 0 fully saturated rings. The standard InChI is InChI=1S/C51H33NO/c1-51(2)43-24-11-9-17-32(43)39-26-40-41-28-48-42(33-18-10-12-25-47(33)53-48)27-45(41)52(46(40)29-44(39)51)50-37-21-7-5-19-35(37)49(36-20-6-8-22-38(36)50)34-23-13-15-30-14-3-4-16-31(30)34/h3-29H,1-2H3. The third kappa shape index (κ3) is 3.77. The quantitative estimate of drug-likeness (QED) is 0.167. The number of para-hydroxylation sites is 1. The summed E-state index contributed by atoms with van der Waals surface area (Å²) in [5.41, 5.74) is 13.2. The zero-order valence-electron chi connectivity index (χ0n) is 29.4. The van der Waals surface area contributed by atoms with Crippen molar-refractivity contribution in [2.45, 2.75) is 19.3 Å². The molecule has 0 radical (unpaired) electrons. The summed E-state index contributed by atoms with van der Waals surface area (Å²) in [5.74, 6) is 0. The van der Waals surface area contributed by atoms with E-state index in [0.29, 0.717) is 0 Å². The molecule has 0 N–H and O–H groups in total. The fourth-order valence-electron chi connectivity index (χ4n) is 9.75. The smallest absolute Gasteiger partial charge is 0.136 e. The first kappa shape index (κ1) is 29.0. The largest absolute Gasteiger partial charge is 0.456 e. The fourth-order valence-corrected chi connectivity index (χ4v) is 9.75. The highest BCUT2D eigenvalue weighted by molar-refractivity contribution is 6.24. The fraction of sp³-hybridized carbons (Fsp3) is 0.0588. The van der Waals surface area contributed by atoms with Crippen molar-refractivity contribution < 1.29 is 4.42 Å². The van der Waals surface area contributed by atoms with Gasteiger partial charge in [-0.05, 0) is 85.3 Å². The Balaban J connectivity index is 1.29. The van der Waals surface area contributed by atoms with E-state index in [9.17, 15) is 0 Å². The third-order valence-corrected chi connectivity index (χ3v) is 12.2. The van der Waals surface area contributed by atoms with E-state index in [-0.39, 0.29) is 5.41 Å². The first-order valence-electron chi connectivity index (χ1n) is 18.5. The highest BCUT2D eigenvalue weighted by Gasteiger charge is 2.36. The Kier molecular flexibility index (Phi) is 5.60. The van der Waals surface area contributed by atoms with Crippen LogP contribution in [0.25, 0.3) is 104 Å². The summed E-state index contributed by atoms with van der Waals surface area (Å²) >= 11 is 0. The lowest BCUT2D eigenvalue weighted by Gasteiger charge is -2.22. The number of rotatable bonds is 2. The van der Waals surface area contributed by atoms with Gasteiger partial charge in [-0.2, -0.15) is 0 Å². The number of nitrogens with zero attached hydrogens (tertiary/aromatic N) is 1. The van der Waals surface area contributed by atoms with E-state index in [2.05, 4.69) is 182 Å². The zero-order valence-corrected chi connectivity index (χ0v) is 29.4. The molecule has 0 saturated carbocycles. The Bertz CT molecular complexity index is 3310. The first-order chi connectivity index (χ1) is 26.1. The second-order valence-corrected chi connectivity index (χ2v) is 15.2. The Morgan fingerprint density at radius 1 is 0.396 bits per heavy atom. The van der Waals surface area contributed by atoms with E-state index in [1.807, 2.05) is 0 Å². The number of fused-ring (bicyclic) bond motifs is 12. The van der Waals surface area contributed by atoms with E-state index < -0.39 is 0 Å². The van der Waals surface area contributed by atoms with Crippen LogP contribution in [0.15, 0.2) is 168 Å². The average Bonchev–Trinajstić information content (AvgIpc) is 3.79. The van der Waals surface area contributed by atoms with Crippen LogP contribution in [0.3, 0.4) is 0 Å². The molecule has 11 aromatic rings. The second-order valence-electron chi connectivity index (χ2n) is 15.2. The van der Waals surface area contributed by atoms with Crippen molar-refractivity contribution in [3.8, 4) is 27.9 Å². The molecule has 0 saturated heterocycles. The molecule has 9 aromatic carbocycles. The number of aromatic nitrogens is 1. The average molecular weight is 676 g/mol. The highest BCUT2D eigenvalue weighted by atomic mass is 16.3. The van der Waals surface area contributed by atoms with E-state index in [1.54, 1.807) is 0 Å². The molecule has 0 spiro atoms. The molecule has 53 heavy (non-hydrogen) atoms. The summed E-state index contributed by atoms with van der Waals surface area (Å²) in [6.45, 7) is 4.75. The maximum absolute atomic E-state index is 6.54. The topological polar surface area (TPSA) is 18.1 Å². The molecule has 248 valence electrons. The molecule has 0 amide bonds. The second kappa shape index (κ2) is 10.2. The van der Waals surface area contributed by atoms with Crippen LogP contribution < -0.4 is 0 Å². The van der Waals surface area contributed by atoms with Crippen LogP contribution in [-0.4, -0.2) is 4.57 Å². The van der Waals surface area contributed by atoms with Gasteiger partial charge in [-0.15, -0.1) is 0 Å². The molecule has 2 heterocycles. The monoisotopic (exact) mass is 675 g/mol. The number of furan rings is 1. The molecule has 2 aromatic heterocycles. The van der Waals surface area contributed by atoms with Gasteiger partial charge >= 0.3 is 0 Å². The Morgan fingerprint density at radius 3 is 1.77 bits per heavy atom. The van der Waals surface area contributed by atoms with Crippen molar-refractivity contribution in [1.82, 2.24) is 4.57 Å². The van der Waals surface area contributed by atoms with Gasteiger partial charge in [0.15, 0.2) is 0 Å². The maximum atomic E-state index is 6.54.